The van der Waals surface area contributed by atoms with Crippen molar-refractivity contribution in [2.45, 2.75) is 32.6 Å². The van der Waals surface area contributed by atoms with Crippen molar-refractivity contribution >= 4 is 17.7 Å². The fourth-order valence-corrected chi connectivity index (χ4v) is 2.55. The number of esters is 1. The molecular weight excluding hydrogens is 348 g/mol. The Morgan fingerprint density at radius 2 is 2.00 bits per heavy atom. The standard InChI is InChI=1S/C19H26N4O4/c1-3-26-17(24)6-4-5-9-27-15-7-8-16(25-2)13(11-15)10-14-12-22-19(21)23-18(14)20/h7-8,11-12H,3-6,9-10H2,1-2H3,(H4,20,21,22,23). The van der Waals surface area contributed by atoms with Crippen molar-refractivity contribution in [3.8, 4) is 11.5 Å². The van der Waals surface area contributed by atoms with Crippen molar-refractivity contribution in [1.29, 1.82) is 0 Å². The molecule has 8 heteroatoms. The fraction of sp³-hybridized carbons (Fsp3) is 0.421. The molecule has 0 saturated carbocycles. The number of nitrogens with zero attached hydrogens (tertiary/aromatic N) is 2. The van der Waals surface area contributed by atoms with Crippen molar-refractivity contribution in [1.82, 2.24) is 9.97 Å². The summed E-state index contributed by atoms with van der Waals surface area (Å²) in [7, 11) is 1.61. The molecule has 0 atom stereocenters. The van der Waals surface area contributed by atoms with E-state index in [9.17, 15) is 4.79 Å². The normalized spacial score (nSPS) is 10.4. The maximum absolute atomic E-state index is 11.3. The molecule has 0 radical (unpaired) electrons. The average Bonchev–Trinajstić information content (AvgIpc) is 2.64. The molecule has 0 aliphatic heterocycles. The number of rotatable bonds is 10. The predicted octanol–water partition coefficient (Wildman–Crippen LogP) is 2.35. The number of nitrogen functional groups attached to an aromatic ring is 2. The molecule has 1 aromatic carbocycles. The SMILES string of the molecule is CCOC(=O)CCCCOc1ccc(OC)c(Cc2cnc(N)nc2N)c1. The lowest BCUT2D eigenvalue weighted by atomic mass is 10.1. The molecule has 146 valence electrons. The largest absolute Gasteiger partial charge is 0.496 e. The van der Waals surface area contributed by atoms with Crippen LogP contribution >= 0.6 is 0 Å². The van der Waals surface area contributed by atoms with Gasteiger partial charge in [-0.05, 0) is 38.0 Å². The van der Waals surface area contributed by atoms with Gasteiger partial charge in [-0.15, -0.1) is 0 Å². The highest BCUT2D eigenvalue weighted by atomic mass is 16.5. The highest BCUT2D eigenvalue weighted by Crippen LogP contribution is 2.27. The number of nitrogens with two attached hydrogens (primary N) is 2. The number of benzene rings is 1. The van der Waals surface area contributed by atoms with Crippen LogP contribution < -0.4 is 20.9 Å². The highest BCUT2D eigenvalue weighted by Gasteiger charge is 2.10. The van der Waals surface area contributed by atoms with Gasteiger partial charge in [-0.25, -0.2) is 4.98 Å². The summed E-state index contributed by atoms with van der Waals surface area (Å²) in [4.78, 5) is 19.3. The Bertz CT molecular complexity index is 767. The molecule has 0 spiro atoms. The van der Waals surface area contributed by atoms with Crippen molar-refractivity contribution in [2.24, 2.45) is 0 Å². The first-order valence-corrected chi connectivity index (χ1v) is 8.85. The van der Waals surface area contributed by atoms with Crippen LogP contribution in [0.4, 0.5) is 11.8 Å². The topological polar surface area (TPSA) is 123 Å². The van der Waals surface area contributed by atoms with Gasteiger partial charge in [0.05, 0.1) is 20.3 Å². The number of methoxy groups -OCH3 is 1. The number of hydrogen-bond acceptors (Lipinski definition) is 8. The van der Waals surface area contributed by atoms with Crippen LogP contribution in [0.3, 0.4) is 0 Å². The van der Waals surface area contributed by atoms with Gasteiger partial charge in [-0.1, -0.05) is 0 Å². The van der Waals surface area contributed by atoms with Crippen molar-refractivity contribution < 1.29 is 19.0 Å². The smallest absolute Gasteiger partial charge is 0.305 e. The Balaban J connectivity index is 1.95. The molecule has 0 aliphatic carbocycles. The second-order valence-electron chi connectivity index (χ2n) is 5.90. The summed E-state index contributed by atoms with van der Waals surface area (Å²) in [5, 5.41) is 0. The van der Waals surface area contributed by atoms with Gasteiger partial charge in [-0.3, -0.25) is 4.79 Å². The van der Waals surface area contributed by atoms with Gasteiger partial charge in [0, 0.05) is 30.2 Å². The second-order valence-corrected chi connectivity index (χ2v) is 5.90. The van der Waals surface area contributed by atoms with E-state index in [1.54, 1.807) is 20.2 Å². The van der Waals surface area contributed by atoms with E-state index < -0.39 is 0 Å². The van der Waals surface area contributed by atoms with Crippen LogP contribution in [0.25, 0.3) is 0 Å². The third-order valence-electron chi connectivity index (χ3n) is 3.90. The van der Waals surface area contributed by atoms with E-state index in [1.807, 2.05) is 18.2 Å². The molecule has 0 amide bonds. The molecule has 0 unspecified atom stereocenters. The summed E-state index contributed by atoms with van der Waals surface area (Å²) in [6.45, 7) is 2.72. The van der Waals surface area contributed by atoms with E-state index in [1.165, 1.54) is 0 Å². The van der Waals surface area contributed by atoms with Gasteiger partial charge in [0.1, 0.15) is 17.3 Å². The quantitative estimate of drug-likeness (QED) is 0.480. The second kappa shape index (κ2) is 10.2. The summed E-state index contributed by atoms with van der Waals surface area (Å²) < 4.78 is 16.1. The summed E-state index contributed by atoms with van der Waals surface area (Å²) in [6.07, 6.45) is 4.00. The van der Waals surface area contributed by atoms with Gasteiger partial charge in [0.2, 0.25) is 5.95 Å². The summed E-state index contributed by atoms with van der Waals surface area (Å²) in [5.41, 5.74) is 13.1. The van der Waals surface area contributed by atoms with Gasteiger partial charge in [0.25, 0.3) is 0 Å². The average molecular weight is 374 g/mol. The van der Waals surface area contributed by atoms with Gasteiger partial charge in [-0.2, -0.15) is 4.98 Å². The summed E-state index contributed by atoms with van der Waals surface area (Å²) >= 11 is 0. The molecule has 2 rings (SSSR count). The van der Waals surface area contributed by atoms with Crippen LogP contribution in [0, 0.1) is 0 Å². The first-order chi connectivity index (χ1) is 13.0. The monoisotopic (exact) mass is 374 g/mol. The Kier molecular flexibility index (Phi) is 7.66. The Labute approximate surface area is 158 Å². The Morgan fingerprint density at radius 3 is 2.70 bits per heavy atom. The molecule has 8 nitrogen and oxygen atoms in total. The number of hydrogen-bond donors (Lipinski definition) is 2. The zero-order valence-corrected chi connectivity index (χ0v) is 15.7. The lowest BCUT2D eigenvalue weighted by molar-refractivity contribution is -0.143. The molecule has 0 aliphatic rings. The molecule has 0 bridgehead atoms. The number of carbonyl (C=O) groups excluding carboxylic acids is 1. The predicted molar refractivity (Wildman–Crippen MR) is 103 cm³/mol. The van der Waals surface area contributed by atoms with Crippen molar-refractivity contribution in [3.63, 3.8) is 0 Å². The third-order valence-corrected chi connectivity index (χ3v) is 3.90. The minimum atomic E-state index is -0.174. The summed E-state index contributed by atoms with van der Waals surface area (Å²) in [5.74, 6) is 1.75. The first-order valence-electron chi connectivity index (χ1n) is 8.85. The first kappa shape index (κ1) is 20.3. The lowest BCUT2D eigenvalue weighted by Gasteiger charge is -2.13. The van der Waals surface area contributed by atoms with E-state index in [-0.39, 0.29) is 11.9 Å². The maximum Gasteiger partial charge on any atom is 0.305 e. The van der Waals surface area contributed by atoms with Crippen LogP contribution in [-0.2, 0) is 16.0 Å². The maximum atomic E-state index is 11.3. The lowest BCUT2D eigenvalue weighted by Crippen LogP contribution is -2.06. The molecule has 2 aromatic rings. The molecule has 4 N–H and O–H groups in total. The number of unbranched alkanes of at least 4 members (excludes halogenated alkanes) is 1. The van der Waals surface area contributed by atoms with Crippen LogP contribution in [0.15, 0.2) is 24.4 Å². The molecular formula is C19H26N4O4. The number of carbonyl (C=O) groups is 1. The fourth-order valence-electron chi connectivity index (χ4n) is 2.55. The van der Waals surface area contributed by atoms with Crippen LogP contribution in [-0.4, -0.2) is 36.3 Å². The van der Waals surface area contributed by atoms with Crippen LogP contribution in [0.2, 0.25) is 0 Å². The van der Waals surface area contributed by atoms with E-state index in [2.05, 4.69) is 9.97 Å². The van der Waals surface area contributed by atoms with E-state index in [4.69, 9.17) is 25.7 Å². The van der Waals surface area contributed by atoms with Gasteiger partial charge in [0.15, 0.2) is 0 Å². The number of anilines is 2. The van der Waals surface area contributed by atoms with Crippen molar-refractivity contribution in [3.05, 3.63) is 35.5 Å². The minimum Gasteiger partial charge on any atom is -0.496 e. The molecule has 1 aromatic heterocycles. The van der Waals surface area contributed by atoms with Gasteiger partial charge < -0.3 is 25.7 Å². The van der Waals surface area contributed by atoms with Crippen LogP contribution in [0.1, 0.15) is 37.3 Å². The van der Waals surface area contributed by atoms with Gasteiger partial charge >= 0.3 is 5.97 Å². The molecule has 27 heavy (non-hydrogen) atoms. The van der Waals surface area contributed by atoms with E-state index in [0.717, 1.165) is 35.5 Å². The molecule has 0 fully saturated rings. The minimum absolute atomic E-state index is 0.142. The number of aromatic nitrogens is 2. The van der Waals surface area contributed by atoms with E-state index >= 15 is 0 Å². The Hall–Kier alpha value is -3.03. The van der Waals surface area contributed by atoms with Crippen LogP contribution in [0.5, 0.6) is 11.5 Å². The zero-order valence-electron chi connectivity index (χ0n) is 15.7. The highest BCUT2D eigenvalue weighted by molar-refractivity contribution is 5.69. The van der Waals surface area contributed by atoms with E-state index in [0.29, 0.717) is 31.9 Å². The molecule has 1 heterocycles. The Morgan fingerprint density at radius 1 is 1.19 bits per heavy atom. The van der Waals surface area contributed by atoms with Crippen molar-refractivity contribution in [2.75, 3.05) is 31.8 Å². The number of ether oxygens (including phenoxy) is 3. The third kappa shape index (κ3) is 6.32. The summed E-state index contributed by atoms with van der Waals surface area (Å²) in [6, 6.07) is 5.59. The zero-order chi connectivity index (χ0) is 19.6. The molecule has 0 saturated heterocycles.